The molecule has 1 fully saturated rings. The second kappa shape index (κ2) is 6.91. The Balaban J connectivity index is 1.81. The molecule has 0 aliphatic carbocycles. The third-order valence-electron chi connectivity index (χ3n) is 3.18. The van der Waals surface area contributed by atoms with Crippen molar-refractivity contribution >= 4 is 21.8 Å². The summed E-state index contributed by atoms with van der Waals surface area (Å²) in [5.74, 6) is 0.994. The summed E-state index contributed by atoms with van der Waals surface area (Å²) in [6.45, 7) is 4.79. The number of hydrogen-bond acceptors (Lipinski definition) is 3. The lowest BCUT2D eigenvalue weighted by Gasteiger charge is -2.22. The average Bonchev–Trinajstić information content (AvgIpc) is 2.56. The number of hydrogen-bond donors (Lipinski definition) is 1. The molecule has 0 spiro atoms. The van der Waals surface area contributed by atoms with E-state index in [2.05, 4.69) is 21.2 Å². The number of nitrogens with zero attached hydrogens (tertiary/aromatic N) is 1. The van der Waals surface area contributed by atoms with Crippen molar-refractivity contribution in [2.24, 2.45) is 0 Å². The molecule has 1 heterocycles. The van der Waals surface area contributed by atoms with E-state index in [1.807, 2.05) is 36.1 Å². The molecule has 1 atom stereocenters. The highest BCUT2D eigenvalue weighted by molar-refractivity contribution is 9.10. The number of nitrogens with one attached hydrogen (secondary N) is 1. The van der Waals surface area contributed by atoms with Crippen LogP contribution in [-0.2, 0) is 4.79 Å². The standard InChI is InChI=1S/C14H19BrN2O2/c1-11-14(18)17(8-2-7-16-11)9-10-19-13-5-3-12(15)4-6-13/h3-6,11,16H,2,7-10H2,1H3. The first-order valence-electron chi connectivity index (χ1n) is 6.57. The first kappa shape index (κ1) is 14.3. The summed E-state index contributed by atoms with van der Waals surface area (Å²) in [6, 6.07) is 7.63. The summed E-state index contributed by atoms with van der Waals surface area (Å²) in [5, 5.41) is 3.20. The molecule has 2 rings (SSSR count). The molecule has 5 heteroatoms. The van der Waals surface area contributed by atoms with Gasteiger partial charge in [0.2, 0.25) is 5.91 Å². The van der Waals surface area contributed by atoms with E-state index in [0.717, 1.165) is 29.7 Å². The van der Waals surface area contributed by atoms with Crippen molar-refractivity contribution in [2.75, 3.05) is 26.2 Å². The van der Waals surface area contributed by atoms with Gasteiger partial charge in [0.25, 0.3) is 0 Å². The predicted octanol–water partition coefficient (Wildman–Crippen LogP) is 2.04. The van der Waals surface area contributed by atoms with Crippen LogP contribution in [0.2, 0.25) is 0 Å². The predicted molar refractivity (Wildman–Crippen MR) is 78.3 cm³/mol. The van der Waals surface area contributed by atoms with Gasteiger partial charge in [0, 0.05) is 11.0 Å². The van der Waals surface area contributed by atoms with Crippen LogP contribution < -0.4 is 10.1 Å². The van der Waals surface area contributed by atoms with E-state index in [9.17, 15) is 4.79 Å². The molecule has 0 aromatic heterocycles. The molecule has 1 saturated heterocycles. The highest BCUT2D eigenvalue weighted by atomic mass is 79.9. The first-order valence-corrected chi connectivity index (χ1v) is 7.36. The molecule has 1 unspecified atom stereocenters. The SMILES string of the molecule is CC1NCCCN(CCOc2ccc(Br)cc2)C1=O. The van der Waals surface area contributed by atoms with E-state index in [1.54, 1.807) is 0 Å². The van der Waals surface area contributed by atoms with E-state index in [4.69, 9.17) is 4.74 Å². The Hall–Kier alpha value is -1.07. The van der Waals surface area contributed by atoms with Crippen LogP contribution in [0.4, 0.5) is 0 Å². The number of carbonyl (C=O) groups excluding carboxylic acids is 1. The van der Waals surface area contributed by atoms with Gasteiger partial charge in [0.05, 0.1) is 12.6 Å². The monoisotopic (exact) mass is 326 g/mol. The maximum atomic E-state index is 12.0. The molecule has 1 aliphatic heterocycles. The van der Waals surface area contributed by atoms with E-state index in [0.29, 0.717) is 13.2 Å². The minimum absolute atomic E-state index is 0.0878. The van der Waals surface area contributed by atoms with Gasteiger partial charge in [0.1, 0.15) is 12.4 Å². The Morgan fingerprint density at radius 3 is 2.89 bits per heavy atom. The largest absolute Gasteiger partial charge is 0.492 e. The average molecular weight is 327 g/mol. The lowest BCUT2D eigenvalue weighted by Crippen LogP contribution is -2.43. The van der Waals surface area contributed by atoms with Gasteiger partial charge < -0.3 is 15.0 Å². The highest BCUT2D eigenvalue weighted by Gasteiger charge is 2.22. The van der Waals surface area contributed by atoms with Crippen molar-refractivity contribution in [3.8, 4) is 5.75 Å². The van der Waals surface area contributed by atoms with Crippen LogP contribution in [0.15, 0.2) is 28.7 Å². The van der Waals surface area contributed by atoms with E-state index >= 15 is 0 Å². The summed E-state index contributed by atoms with van der Waals surface area (Å²) in [6.07, 6.45) is 0.994. The maximum absolute atomic E-state index is 12.0. The fourth-order valence-electron chi connectivity index (χ4n) is 2.09. The van der Waals surface area contributed by atoms with Crippen LogP contribution in [0.5, 0.6) is 5.75 Å². The molecule has 4 nitrogen and oxygen atoms in total. The highest BCUT2D eigenvalue weighted by Crippen LogP contribution is 2.16. The van der Waals surface area contributed by atoms with E-state index in [-0.39, 0.29) is 11.9 Å². The van der Waals surface area contributed by atoms with Gasteiger partial charge in [-0.3, -0.25) is 4.79 Å². The van der Waals surface area contributed by atoms with Crippen molar-refractivity contribution in [1.82, 2.24) is 10.2 Å². The first-order chi connectivity index (χ1) is 9.16. The van der Waals surface area contributed by atoms with Gasteiger partial charge in [0.15, 0.2) is 0 Å². The molecular weight excluding hydrogens is 308 g/mol. The van der Waals surface area contributed by atoms with Crippen LogP contribution in [0, 0.1) is 0 Å². The number of benzene rings is 1. The molecule has 1 aromatic carbocycles. The summed E-state index contributed by atoms with van der Waals surface area (Å²) < 4.78 is 6.68. The molecule has 104 valence electrons. The molecule has 19 heavy (non-hydrogen) atoms. The van der Waals surface area contributed by atoms with Crippen molar-refractivity contribution in [3.63, 3.8) is 0 Å². The number of halogens is 1. The molecule has 0 bridgehead atoms. The lowest BCUT2D eigenvalue weighted by atomic mass is 10.3. The molecule has 1 aromatic rings. The van der Waals surface area contributed by atoms with Crippen LogP contribution in [0.25, 0.3) is 0 Å². The van der Waals surface area contributed by atoms with Crippen molar-refractivity contribution in [3.05, 3.63) is 28.7 Å². The molecular formula is C14H19BrN2O2. The lowest BCUT2D eigenvalue weighted by molar-refractivity contribution is -0.132. The Bertz CT molecular complexity index is 422. The molecule has 1 amide bonds. The Kier molecular flexibility index (Phi) is 5.22. The van der Waals surface area contributed by atoms with Gasteiger partial charge in [-0.15, -0.1) is 0 Å². The zero-order chi connectivity index (χ0) is 13.7. The quantitative estimate of drug-likeness (QED) is 0.920. The number of carbonyl (C=O) groups is 1. The molecule has 0 radical (unpaired) electrons. The zero-order valence-corrected chi connectivity index (χ0v) is 12.6. The van der Waals surface area contributed by atoms with Crippen molar-refractivity contribution < 1.29 is 9.53 Å². The Labute approximate surface area is 122 Å². The Morgan fingerprint density at radius 2 is 2.16 bits per heavy atom. The zero-order valence-electron chi connectivity index (χ0n) is 11.1. The third-order valence-corrected chi connectivity index (χ3v) is 3.71. The fraction of sp³-hybridized carbons (Fsp3) is 0.500. The smallest absolute Gasteiger partial charge is 0.239 e. The molecule has 1 aliphatic rings. The van der Waals surface area contributed by atoms with Gasteiger partial charge in [-0.05, 0) is 44.2 Å². The second-order valence-electron chi connectivity index (χ2n) is 4.66. The van der Waals surface area contributed by atoms with Gasteiger partial charge in [-0.25, -0.2) is 0 Å². The van der Waals surface area contributed by atoms with Crippen molar-refractivity contribution in [1.29, 1.82) is 0 Å². The summed E-state index contributed by atoms with van der Waals surface area (Å²) in [7, 11) is 0. The fourth-order valence-corrected chi connectivity index (χ4v) is 2.35. The summed E-state index contributed by atoms with van der Waals surface area (Å²) in [5.41, 5.74) is 0. The van der Waals surface area contributed by atoms with Crippen molar-refractivity contribution in [2.45, 2.75) is 19.4 Å². The summed E-state index contributed by atoms with van der Waals surface area (Å²) >= 11 is 3.38. The molecule has 1 N–H and O–H groups in total. The van der Waals surface area contributed by atoms with Crippen LogP contribution in [-0.4, -0.2) is 43.1 Å². The van der Waals surface area contributed by atoms with E-state index < -0.39 is 0 Å². The van der Waals surface area contributed by atoms with Crippen LogP contribution >= 0.6 is 15.9 Å². The maximum Gasteiger partial charge on any atom is 0.239 e. The van der Waals surface area contributed by atoms with Gasteiger partial charge >= 0.3 is 0 Å². The summed E-state index contributed by atoms with van der Waals surface area (Å²) in [4.78, 5) is 13.9. The topological polar surface area (TPSA) is 41.6 Å². The Morgan fingerprint density at radius 1 is 1.42 bits per heavy atom. The number of ether oxygens (including phenoxy) is 1. The van der Waals surface area contributed by atoms with Gasteiger partial charge in [-0.2, -0.15) is 0 Å². The normalized spacial score (nSPS) is 20.2. The van der Waals surface area contributed by atoms with Gasteiger partial charge in [-0.1, -0.05) is 15.9 Å². The number of amides is 1. The third kappa shape index (κ3) is 4.21. The molecule has 0 saturated carbocycles. The minimum atomic E-state index is -0.0878. The minimum Gasteiger partial charge on any atom is -0.492 e. The second-order valence-corrected chi connectivity index (χ2v) is 5.57. The van der Waals surface area contributed by atoms with Crippen LogP contribution in [0.1, 0.15) is 13.3 Å². The van der Waals surface area contributed by atoms with E-state index in [1.165, 1.54) is 0 Å². The van der Waals surface area contributed by atoms with Crippen LogP contribution in [0.3, 0.4) is 0 Å². The number of rotatable bonds is 4.